The van der Waals surface area contributed by atoms with Gasteiger partial charge in [0.2, 0.25) is 0 Å². The van der Waals surface area contributed by atoms with Crippen molar-refractivity contribution in [3.63, 3.8) is 0 Å². The lowest BCUT2D eigenvalue weighted by atomic mass is 9.95. The van der Waals surface area contributed by atoms with Crippen molar-refractivity contribution in [3.8, 4) is 5.75 Å². The van der Waals surface area contributed by atoms with Crippen LogP contribution in [0.1, 0.15) is 38.7 Å². The van der Waals surface area contributed by atoms with Crippen molar-refractivity contribution < 1.29 is 31.7 Å². The van der Waals surface area contributed by atoms with E-state index in [1.807, 2.05) is 0 Å². The fraction of sp³-hybridized carbons (Fsp3) is 0.364. The Kier molecular flexibility index (Phi) is 8.04. The summed E-state index contributed by atoms with van der Waals surface area (Å²) >= 11 is 0. The van der Waals surface area contributed by atoms with Crippen molar-refractivity contribution in [2.75, 3.05) is 13.7 Å². The predicted molar refractivity (Wildman–Crippen MR) is 114 cm³/mol. The summed E-state index contributed by atoms with van der Waals surface area (Å²) in [6, 6.07) is 14.1. The Morgan fingerprint density at radius 3 is 2.32 bits per heavy atom. The Morgan fingerprint density at radius 1 is 1.03 bits per heavy atom. The van der Waals surface area contributed by atoms with E-state index in [1.54, 1.807) is 51.1 Å². The first-order chi connectivity index (χ1) is 14.5. The maximum atomic E-state index is 12.5. The van der Waals surface area contributed by atoms with Gasteiger partial charge in [-0.15, -0.1) is 0 Å². The molecular formula is C22H27NO7S. The van der Waals surface area contributed by atoms with Crippen molar-refractivity contribution in [1.82, 2.24) is 5.32 Å². The van der Waals surface area contributed by atoms with E-state index < -0.39 is 33.7 Å². The van der Waals surface area contributed by atoms with Gasteiger partial charge in [0, 0.05) is 12.5 Å². The molecule has 9 heteroatoms. The van der Waals surface area contributed by atoms with Gasteiger partial charge in [-0.2, -0.15) is 8.42 Å². The van der Waals surface area contributed by atoms with Crippen LogP contribution in [-0.2, 0) is 24.4 Å². The van der Waals surface area contributed by atoms with E-state index in [0.29, 0.717) is 5.56 Å². The maximum absolute atomic E-state index is 12.5. The molecule has 0 aromatic heterocycles. The van der Waals surface area contributed by atoms with E-state index in [2.05, 4.69) is 5.32 Å². The number of hydrogen-bond donors (Lipinski definition) is 1. The monoisotopic (exact) mass is 449 g/mol. The molecule has 1 amide bonds. The summed E-state index contributed by atoms with van der Waals surface area (Å²) in [7, 11) is -2.74. The molecule has 2 aromatic rings. The van der Waals surface area contributed by atoms with E-state index in [9.17, 15) is 18.0 Å². The number of esters is 1. The second kappa shape index (κ2) is 10.3. The van der Waals surface area contributed by atoms with Crippen molar-refractivity contribution in [1.29, 1.82) is 0 Å². The van der Waals surface area contributed by atoms with Crippen LogP contribution in [0.25, 0.3) is 0 Å². The average molecular weight is 450 g/mol. The van der Waals surface area contributed by atoms with Crippen molar-refractivity contribution in [3.05, 3.63) is 60.2 Å². The molecule has 0 radical (unpaired) electrons. The van der Waals surface area contributed by atoms with Gasteiger partial charge < -0.3 is 19.0 Å². The van der Waals surface area contributed by atoms with Gasteiger partial charge in [-0.1, -0.05) is 30.3 Å². The molecule has 8 nitrogen and oxygen atoms in total. The molecule has 2 rings (SSSR count). The van der Waals surface area contributed by atoms with Crippen LogP contribution < -0.4 is 9.50 Å². The van der Waals surface area contributed by atoms with Gasteiger partial charge in [0.25, 0.3) is 0 Å². The highest BCUT2D eigenvalue weighted by molar-refractivity contribution is 7.87. The number of nitrogens with one attached hydrogen (secondary N) is 1. The van der Waals surface area contributed by atoms with Crippen LogP contribution >= 0.6 is 0 Å². The topological polar surface area (TPSA) is 108 Å². The molecule has 0 saturated heterocycles. The average Bonchev–Trinajstić information content (AvgIpc) is 2.70. The smallest absolute Gasteiger partial charge is 0.407 e. The summed E-state index contributed by atoms with van der Waals surface area (Å²) in [6.45, 7) is 5.31. The van der Waals surface area contributed by atoms with Crippen LogP contribution in [0.15, 0.2) is 59.5 Å². The van der Waals surface area contributed by atoms with Gasteiger partial charge in [-0.3, -0.25) is 4.79 Å². The zero-order valence-corrected chi connectivity index (χ0v) is 18.8. The lowest BCUT2D eigenvalue weighted by Gasteiger charge is -2.22. The number of hydrogen-bond acceptors (Lipinski definition) is 7. The third-order valence-electron chi connectivity index (χ3n) is 4.10. The number of carbonyl (C=O) groups excluding carboxylic acids is 2. The van der Waals surface area contributed by atoms with Crippen LogP contribution in [0.4, 0.5) is 4.79 Å². The first-order valence-electron chi connectivity index (χ1n) is 9.63. The molecule has 0 fully saturated rings. The third-order valence-corrected chi connectivity index (χ3v) is 5.36. The molecular weight excluding hydrogens is 422 g/mol. The molecule has 31 heavy (non-hydrogen) atoms. The molecule has 1 atom stereocenters. The number of alkyl carbamates (subject to hydrolysis) is 1. The van der Waals surface area contributed by atoms with Gasteiger partial charge in [-0.05, 0) is 50.6 Å². The molecule has 0 heterocycles. The lowest BCUT2D eigenvalue weighted by Crippen LogP contribution is -2.35. The third kappa shape index (κ3) is 7.93. The van der Waals surface area contributed by atoms with Crippen LogP contribution in [-0.4, -0.2) is 39.7 Å². The predicted octanol–water partition coefficient (Wildman–Crippen LogP) is 3.63. The second-order valence-electron chi connectivity index (χ2n) is 7.78. The quantitative estimate of drug-likeness (QED) is 0.484. The minimum absolute atomic E-state index is 0.0260. The van der Waals surface area contributed by atoms with Crippen LogP contribution in [0.2, 0.25) is 0 Å². The summed E-state index contributed by atoms with van der Waals surface area (Å²) in [5, 5.41) is 2.63. The highest BCUT2D eigenvalue weighted by Gasteiger charge is 2.22. The summed E-state index contributed by atoms with van der Waals surface area (Å²) in [5.74, 6) is -0.865. The summed E-state index contributed by atoms with van der Waals surface area (Å²) in [5.41, 5.74) is -0.0659. The molecule has 2 aromatic carbocycles. The number of benzene rings is 2. The molecule has 0 saturated carbocycles. The fourth-order valence-electron chi connectivity index (χ4n) is 2.70. The van der Waals surface area contributed by atoms with Gasteiger partial charge in [0.1, 0.15) is 16.2 Å². The van der Waals surface area contributed by atoms with Crippen LogP contribution in [0, 0.1) is 0 Å². The molecule has 0 aliphatic rings. The molecule has 0 aliphatic heterocycles. The normalized spacial score (nSPS) is 12.5. The minimum atomic E-state index is -4.01. The van der Waals surface area contributed by atoms with Crippen molar-refractivity contribution >= 4 is 22.2 Å². The molecule has 0 bridgehead atoms. The van der Waals surface area contributed by atoms with Crippen molar-refractivity contribution in [2.45, 2.75) is 43.6 Å². The molecule has 1 N–H and O–H groups in total. The maximum Gasteiger partial charge on any atom is 0.407 e. The lowest BCUT2D eigenvalue weighted by molar-refractivity contribution is -0.141. The Hall–Kier alpha value is -3.07. The Balaban J connectivity index is 2.20. The van der Waals surface area contributed by atoms with Gasteiger partial charge >= 0.3 is 22.2 Å². The number of carbonyl (C=O) groups is 2. The number of methoxy groups -OCH3 is 1. The second-order valence-corrected chi connectivity index (χ2v) is 9.33. The van der Waals surface area contributed by atoms with Gasteiger partial charge in [-0.25, -0.2) is 4.79 Å². The van der Waals surface area contributed by atoms with E-state index in [4.69, 9.17) is 13.7 Å². The van der Waals surface area contributed by atoms with E-state index in [1.165, 1.54) is 31.4 Å². The van der Waals surface area contributed by atoms with E-state index >= 15 is 0 Å². The standard InChI is InChI=1S/C22H27NO7S/c1-22(2,3)29-21(25)23-15-17(14-20(24)28-4)16-9-8-10-18(13-16)30-31(26,27)19-11-6-5-7-12-19/h5-13,17H,14-15H2,1-4H3,(H,23,25). The molecule has 168 valence electrons. The largest absolute Gasteiger partial charge is 0.469 e. The zero-order chi connectivity index (χ0) is 23.1. The Labute approximate surface area is 182 Å². The fourth-order valence-corrected chi connectivity index (χ4v) is 3.64. The molecule has 1 unspecified atom stereocenters. The summed E-state index contributed by atoms with van der Waals surface area (Å²) in [6.07, 6.45) is -0.650. The number of amides is 1. The number of rotatable bonds is 8. The highest BCUT2D eigenvalue weighted by Crippen LogP contribution is 2.26. The van der Waals surface area contributed by atoms with Crippen LogP contribution in [0.5, 0.6) is 5.75 Å². The first kappa shape index (κ1) is 24.2. The summed E-state index contributed by atoms with van der Waals surface area (Å²) < 4.78 is 40.2. The minimum Gasteiger partial charge on any atom is -0.469 e. The first-order valence-corrected chi connectivity index (χ1v) is 11.0. The number of ether oxygens (including phenoxy) is 2. The highest BCUT2D eigenvalue weighted by atomic mass is 32.2. The van der Waals surface area contributed by atoms with E-state index in [-0.39, 0.29) is 23.6 Å². The molecule has 0 spiro atoms. The van der Waals surface area contributed by atoms with Gasteiger partial charge in [0.05, 0.1) is 13.5 Å². The van der Waals surface area contributed by atoms with Gasteiger partial charge in [0.15, 0.2) is 0 Å². The van der Waals surface area contributed by atoms with Crippen LogP contribution in [0.3, 0.4) is 0 Å². The Bertz CT molecular complexity index is 998. The molecule has 0 aliphatic carbocycles. The SMILES string of the molecule is COC(=O)CC(CNC(=O)OC(C)(C)C)c1cccc(OS(=O)(=O)c2ccccc2)c1. The van der Waals surface area contributed by atoms with Crippen molar-refractivity contribution in [2.24, 2.45) is 0 Å². The van der Waals surface area contributed by atoms with E-state index in [0.717, 1.165) is 0 Å². The zero-order valence-electron chi connectivity index (χ0n) is 18.0. The Morgan fingerprint density at radius 2 is 1.71 bits per heavy atom. The summed E-state index contributed by atoms with van der Waals surface area (Å²) in [4.78, 5) is 23.9.